The number of benzene rings is 1. The molecule has 1 fully saturated rings. The molecule has 1 saturated heterocycles. The number of carbonyl (C=O) groups is 1. The van der Waals surface area contributed by atoms with Crippen LogP contribution in [0.5, 0.6) is 0 Å². The maximum absolute atomic E-state index is 13.0. The zero-order valence-electron chi connectivity index (χ0n) is 9.54. The molecule has 0 radical (unpaired) electrons. The lowest BCUT2D eigenvalue weighted by Gasteiger charge is -2.29. The lowest BCUT2D eigenvalue weighted by atomic mass is 10.0. The summed E-state index contributed by atoms with van der Waals surface area (Å²) in [6.07, 6.45) is 0. The molecular weight excluding hydrogens is 226 g/mol. The number of Topliss-reactive ketones (excluding diaryl/α,β-unsaturated/α-hetero) is 1. The SMILES string of the molecule is CN1CCNC(C(=O)c2ccc(F)c(F)c2)C1. The van der Waals surface area contributed by atoms with Crippen LogP contribution < -0.4 is 5.32 Å². The van der Waals surface area contributed by atoms with Gasteiger partial charge in [0.05, 0.1) is 6.04 Å². The first kappa shape index (κ1) is 12.1. The number of ketones is 1. The van der Waals surface area contributed by atoms with Gasteiger partial charge in [0.25, 0.3) is 0 Å². The minimum atomic E-state index is -0.986. The number of nitrogens with one attached hydrogen (secondary N) is 1. The first-order valence-corrected chi connectivity index (χ1v) is 5.49. The highest BCUT2D eigenvalue weighted by molar-refractivity contribution is 6.00. The smallest absolute Gasteiger partial charge is 0.181 e. The molecule has 1 atom stereocenters. The predicted octanol–water partition coefficient (Wildman–Crippen LogP) is 1.05. The van der Waals surface area contributed by atoms with Crippen LogP contribution in [0, 0.1) is 11.6 Å². The van der Waals surface area contributed by atoms with Gasteiger partial charge >= 0.3 is 0 Å². The highest BCUT2D eigenvalue weighted by atomic mass is 19.2. The van der Waals surface area contributed by atoms with Crippen molar-refractivity contribution in [2.75, 3.05) is 26.7 Å². The third kappa shape index (κ3) is 2.68. The van der Waals surface area contributed by atoms with Crippen molar-refractivity contribution in [1.29, 1.82) is 0 Å². The van der Waals surface area contributed by atoms with E-state index < -0.39 is 11.6 Å². The van der Waals surface area contributed by atoms with Gasteiger partial charge in [-0.25, -0.2) is 8.78 Å². The van der Waals surface area contributed by atoms with Crippen LogP contribution in [0.1, 0.15) is 10.4 Å². The summed E-state index contributed by atoms with van der Waals surface area (Å²) in [5, 5.41) is 3.07. The van der Waals surface area contributed by atoms with E-state index in [1.165, 1.54) is 6.07 Å². The van der Waals surface area contributed by atoms with Crippen molar-refractivity contribution in [3.05, 3.63) is 35.4 Å². The fourth-order valence-electron chi connectivity index (χ4n) is 1.92. The molecule has 1 aromatic carbocycles. The molecule has 0 spiro atoms. The molecule has 1 aliphatic heterocycles. The van der Waals surface area contributed by atoms with E-state index in [0.29, 0.717) is 6.54 Å². The van der Waals surface area contributed by atoms with Crippen LogP contribution in [0.2, 0.25) is 0 Å². The lowest BCUT2D eigenvalue weighted by Crippen LogP contribution is -2.52. The molecule has 0 bridgehead atoms. The number of hydrogen-bond acceptors (Lipinski definition) is 3. The Bertz CT molecular complexity index is 437. The first-order valence-electron chi connectivity index (χ1n) is 5.49. The molecule has 2 rings (SSSR count). The summed E-state index contributed by atoms with van der Waals surface area (Å²) >= 11 is 0. The first-order chi connectivity index (χ1) is 8.08. The second kappa shape index (κ2) is 4.89. The molecule has 0 amide bonds. The number of rotatable bonds is 2. The summed E-state index contributed by atoms with van der Waals surface area (Å²) in [6.45, 7) is 2.18. The minimum Gasteiger partial charge on any atom is -0.305 e. The Hall–Kier alpha value is -1.33. The van der Waals surface area contributed by atoms with Crippen LogP contribution in [0.25, 0.3) is 0 Å². The molecule has 17 heavy (non-hydrogen) atoms. The van der Waals surface area contributed by atoms with E-state index in [4.69, 9.17) is 0 Å². The maximum Gasteiger partial charge on any atom is 0.181 e. The van der Waals surface area contributed by atoms with E-state index in [2.05, 4.69) is 5.32 Å². The number of nitrogens with zero attached hydrogens (tertiary/aromatic N) is 1. The van der Waals surface area contributed by atoms with E-state index >= 15 is 0 Å². The minimum absolute atomic E-state index is 0.199. The predicted molar refractivity (Wildman–Crippen MR) is 60.0 cm³/mol. The Morgan fingerprint density at radius 2 is 2.18 bits per heavy atom. The van der Waals surface area contributed by atoms with Gasteiger partial charge in [-0.15, -0.1) is 0 Å². The Balaban J connectivity index is 2.15. The molecule has 1 heterocycles. The summed E-state index contributed by atoms with van der Waals surface area (Å²) in [5.74, 6) is -2.12. The van der Waals surface area contributed by atoms with Gasteiger partial charge in [-0.1, -0.05) is 0 Å². The summed E-state index contributed by atoms with van der Waals surface area (Å²) in [6, 6.07) is 2.90. The zero-order valence-corrected chi connectivity index (χ0v) is 9.54. The molecule has 92 valence electrons. The van der Waals surface area contributed by atoms with Crippen LogP contribution in [0.3, 0.4) is 0 Å². The Labute approximate surface area is 98.4 Å². The van der Waals surface area contributed by atoms with E-state index in [1.54, 1.807) is 0 Å². The largest absolute Gasteiger partial charge is 0.305 e. The summed E-state index contributed by atoms with van der Waals surface area (Å²) < 4.78 is 25.8. The van der Waals surface area contributed by atoms with E-state index in [9.17, 15) is 13.6 Å². The Morgan fingerprint density at radius 3 is 2.82 bits per heavy atom. The third-order valence-corrected chi connectivity index (χ3v) is 2.90. The Kier molecular flexibility index (Phi) is 3.49. The van der Waals surface area contributed by atoms with Gasteiger partial charge in [0.2, 0.25) is 0 Å². The van der Waals surface area contributed by atoms with E-state index in [-0.39, 0.29) is 17.4 Å². The number of carbonyl (C=O) groups excluding carboxylic acids is 1. The molecule has 1 N–H and O–H groups in total. The topological polar surface area (TPSA) is 32.3 Å². The molecule has 5 heteroatoms. The van der Waals surface area contributed by atoms with Crippen LogP contribution in [-0.4, -0.2) is 43.4 Å². The Morgan fingerprint density at radius 1 is 1.41 bits per heavy atom. The van der Waals surface area contributed by atoms with Crippen molar-refractivity contribution < 1.29 is 13.6 Å². The zero-order chi connectivity index (χ0) is 12.4. The van der Waals surface area contributed by atoms with Crippen molar-refractivity contribution in [2.45, 2.75) is 6.04 Å². The van der Waals surface area contributed by atoms with Gasteiger partial charge in [-0.05, 0) is 25.2 Å². The van der Waals surface area contributed by atoms with Crippen molar-refractivity contribution in [3.8, 4) is 0 Å². The lowest BCUT2D eigenvalue weighted by molar-refractivity contribution is 0.0894. The second-order valence-corrected chi connectivity index (χ2v) is 4.26. The molecule has 0 saturated carbocycles. The number of piperazine rings is 1. The average Bonchev–Trinajstić information content (AvgIpc) is 2.32. The van der Waals surface area contributed by atoms with Crippen LogP contribution in [0.15, 0.2) is 18.2 Å². The van der Waals surface area contributed by atoms with Crippen LogP contribution >= 0.6 is 0 Å². The fraction of sp³-hybridized carbons (Fsp3) is 0.417. The van der Waals surface area contributed by atoms with Crippen molar-refractivity contribution in [2.24, 2.45) is 0 Å². The van der Waals surface area contributed by atoms with Crippen LogP contribution in [-0.2, 0) is 0 Å². The average molecular weight is 240 g/mol. The van der Waals surface area contributed by atoms with Gasteiger partial charge in [0, 0.05) is 25.2 Å². The fourth-order valence-corrected chi connectivity index (χ4v) is 1.92. The molecule has 1 aromatic rings. The highest BCUT2D eigenvalue weighted by Gasteiger charge is 2.24. The molecule has 0 aliphatic carbocycles. The molecule has 1 aliphatic rings. The van der Waals surface area contributed by atoms with Crippen molar-refractivity contribution in [1.82, 2.24) is 10.2 Å². The number of likely N-dealkylation sites (N-methyl/N-ethyl adjacent to an activating group) is 1. The summed E-state index contributed by atoms with van der Waals surface area (Å²) in [4.78, 5) is 14.1. The quantitative estimate of drug-likeness (QED) is 0.784. The molecule has 0 aromatic heterocycles. The van der Waals surface area contributed by atoms with Crippen LogP contribution in [0.4, 0.5) is 8.78 Å². The standard InChI is InChI=1S/C12H14F2N2O/c1-16-5-4-15-11(7-16)12(17)8-2-3-9(13)10(14)6-8/h2-3,6,11,15H,4-5,7H2,1H3. The maximum atomic E-state index is 13.0. The molecule has 1 unspecified atom stereocenters. The normalized spacial score (nSPS) is 21.5. The van der Waals surface area contributed by atoms with Gasteiger partial charge < -0.3 is 10.2 Å². The van der Waals surface area contributed by atoms with Crippen molar-refractivity contribution >= 4 is 5.78 Å². The number of halogens is 2. The van der Waals surface area contributed by atoms with Gasteiger partial charge in [0.15, 0.2) is 17.4 Å². The summed E-state index contributed by atoms with van der Waals surface area (Å²) in [5.41, 5.74) is 0.205. The third-order valence-electron chi connectivity index (χ3n) is 2.90. The molecular formula is C12H14F2N2O. The van der Waals surface area contributed by atoms with Gasteiger partial charge in [-0.2, -0.15) is 0 Å². The van der Waals surface area contributed by atoms with Crippen molar-refractivity contribution in [3.63, 3.8) is 0 Å². The highest BCUT2D eigenvalue weighted by Crippen LogP contribution is 2.12. The second-order valence-electron chi connectivity index (χ2n) is 4.26. The van der Waals surface area contributed by atoms with Gasteiger partial charge in [-0.3, -0.25) is 4.79 Å². The van der Waals surface area contributed by atoms with E-state index in [1.807, 2.05) is 11.9 Å². The number of hydrogen-bond donors (Lipinski definition) is 1. The van der Waals surface area contributed by atoms with E-state index in [0.717, 1.165) is 25.2 Å². The molecule has 3 nitrogen and oxygen atoms in total. The monoisotopic (exact) mass is 240 g/mol. The van der Waals surface area contributed by atoms with Gasteiger partial charge in [0.1, 0.15) is 0 Å². The summed E-state index contributed by atoms with van der Waals surface area (Å²) in [7, 11) is 1.92.